The van der Waals surface area contributed by atoms with E-state index in [1.54, 1.807) is 68.3 Å². The number of hydrogen-bond donors (Lipinski definition) is 6. The molecule has 0 bridgehead atoms. The van der Waals surface area contributed by atoms with Crippen LogP contribution in [0.1, 0.15) is 120 Å². The lowest BCUT2D eigenvalue weighted by atomic mass is 9.99. The average molecular weight is 1190 g/mol. The third kappa shape index (κ3) is 15.1. The second-order valence-corrected chi connectivity index (χ2v) is 24.5. The van der Waals surface area contributed by atoms with Crippen LogP contribution < -0.4 is 30.7 Å². The molecular weight excluding hydrogens is 1120 g/mol. The molecule has 2 aliphatic heterocycles. The molecule has 2 aliphatic rings. The Morgan fingerprint density at radius 2 is 0.964 bits per heavy atom. The van der Waals surface area contributed by atoms with E-state index >= 15 is 0 Å². The smallest absolute Gasteiger partial charge is 0.245 e. The van der Waals surface area contributed by atoms with Crippen LogP contribution in [0, 0.1) is 11.6 Å². The van der Waals surface area contributed by atoms with Gasteiger partial charge in [-0.05, 0) is 186 Å². The molecule has 8 rings (SSSR count). The number of ketones is 2. The van der Waals surface area contributed by atoms with Crippen molar-refractivity contribution in [3.05, 3.63) is 167 Å². The number of unbranched alkanes of at least 4 members (excludes halogenated alkanes) is 1. The molecule has 0 aliphatic carbocycles. The SMILES string of the molecule is CN[C@@H](C)C(=O)N[C@@H](CCCCNS(=O)(=O)c1ccc2ccc(S(=O)(=O)NCC[C@H](NC(=O)[C@H](C)NC)C(=O)N3CCC[C@H]3c3cncc(C(=O)c4ccc(F)cc4)c3)cc2c1)C(=O)N1CCC[C@H]1c1cncc(C(=O)c2ccc(F)cc2)c1. The molecule has 6 atom stereocenters. The first kappa shape index (κ1) is 62.3. The number of nitrogens with zero attached hydrogens (tertiary/aromatic N) is 4. The minimum Gasteiger partial charge on any atom is -0.343 e. The maximum absolute atomic E-state index is 14.4. The fourth-order valence-corrected chi connectivity index (χ4v) is 12.5. The lowest BCUT2D eigenvalue weighted by molar-refractivity contribution is -0.138. The van der Waals surface area contributed by atoms with Gasteiger partial charge in [-0.1, -0.05) is 12.1 Å². The van der Waals surface area contributed by atoms with Gasteiger partial charge in [0, 0.05) is 73.2 Å². The van der Waals surface area contributed by atoms with E-state index in [2.05, 4.69) is 40.7 Å². The monoisotopic (exact) mass is 1190 g/mol. The molecule has 24 heteroatoms. The fraction of sp³-hybridized carbons (Fsp3) is 0.367. The highest BCUT2D eigenvalue weighted by Crippen LogP contribution is 2.35. The molecule has 84 heavy (non-hydrogen) atoms. The van der Waals surface area contributed by atoms with E-state index in [4.69, 9.17) is 0 Å². The third-order valence-corrected chi connectivity index (χ3v) is 18.2. The zero-order valence-corrected chi connectivity index (χ0v) is 48.6. The minimum absolute atomic E-state index is 0.0339. The lowest BCUT2D eigenvalue weighted by Crippen LogP contribution is -2.53. The first-order valence-electron chi connectivity index (χ1n) is 27.8. The van der Waals surface area contributed by atoms with Gasteiger partial charge in [-0.25, -0.2) is 35.1 Å². The van der Waals surface area contributed by atoms with Crippen LogP contribution >= 0.6 is 0 Å². The molecule has 0 radical (unpaired) electrons. The number of aromatic nitrogens is 2. The second-order valence-electron chi connectivity index (χ2n) is 21.0. The zero-order chi connectivity index (χ0) is 60.3. The molecule has 0 saturated carbocycles. The Labute approximate surface area is 487 Å². The summed E-state index contributed by atoms with van der Waals surface area (Å²) in [6, 6.07) is 17.7. The molecule has 6 N–H and O–H groups in total. The van der Waals surface area contributed by atoms with Crippen molar-refractivity contribution in [2.45, 2.75) is 111 Å². The van der Waals surface area contributed by atoms with Crippen LogP contribution in [0.2, 0.25) is 0 Å². The molecule has 4 amide bonds. The Balaban J connectivity index is 0.889. The van der Waals surface area contributed by atoms with Gasteiger partial charge >= 0.3 is 0 Å². The second kappa shape index (κ2) is 27.8. The number of hydrogen-bond acceptors (Lipinski definition) is 14. The molecule has 20 nitrogen and oxygen atoms in total. The normalized spacial score (nSPS) is 16.9. The first-order valence-corrected chi connectivity index (χ1v) is 30.7. The zero-order valence-electron chi connectivity index (χ0n) is 46.9. The van der Waals surface area contributed by atoms with E-state index in [0.717, 1.165) is 0 Å². The molecular formula is C60H68F2N10O10S2. The van der Waals surface area contributed by atoms with Crippen LogP contribution in [-0.4, -0.2) is 136 Å². The molecule has 4 heterocycles. The third-order valence-electron chi connectivity index (χ3n) is 15.3. The van der Waals surface area contributed by atoms with E-state index in [0.29, 0.717) is 67.1 Å². The molecule has 2 fully saturated rings. The predicted molar refractivity (Wildman–Crippen MR) is 309 cm³/mol. The highest BCUT2D eigenvalue weighted by Gasteiger charge is 2.38. The number of likely N-dealkylation sites (N-methyl/N-ethyl adjacent to an activating group) is 2. The van der Waals surface area contributed by atoms with Crippen molar-refractivity contribution in [3.8, 4) is 0 Å². The maximum atomic E-state index is 14.4. The van der Waals surface area contributed by atoms with Crippen LogP contribution in [0.15, 0.2) is 132 Å². The van der Waals surface area contributed by atoms with Crippen molar-refractivity contribution in [2.24, 2.45) is 0 Å². The molecule has 0 spiro atoms. The Morgan fingerprint density at radius 3 is 1.40 bits per heavy atom. The maximum Gasteiger partial charge on any atom is 0.245 e. The predicted octanol–water partition coefficient (Wildman–Crippen LogP) is 5.40. The van der Waals surface area contributed by atoms with Crippen molar-refractivity contribution in [1.82, 2.24) is 50.5 Å². The number of fused-ring (bicyclic) bond motifs is 1. The summed E-state index contributed by atoms with van der Waals surface area (Å²) in [7, 11) is -5.23. The van der Waals surface area contributed by atoms with E-state index in [9.17, 15) is 54.4 Å². The highest BCUT2D eigenvalue weighted by molar-refractivity contribution is 7.89. The topological polar surface area (TPSA) is 275 Å². The number of benzene rings is 4. The van der Waals surface area contributed by atoms with E-state index in [1.165, 1.54) is 91.3 Å². The van der Waals surface area contributed by atoms with Crippen molar-refractivity contribution in [3.63, 3.8) is 0 Å². The highest BCUT2D eigenvalue weighted by atomic mass is 32.2. The lowest BCUT2D eigenvalue weighted by Gasteiger charge is -2.30. The standard InChI is InChI=1S/C60H68F2N10O10S2/c1-37(63-3)57(75)69-51(59(77)71-27-7-10-53(71)43-29-45(35-65-33-43)55(73)40-12-18-47(61)19-13-40)9-5-6-25-67-83(79,80)49-22-16-39-17-23-50(32-42(39)31-49)84(81,82)68-26-24-52(70-58(76)38(2)64-4)60(78)72-28-8-11-54(72)44-30-46(36-66-34-44)56(74)41-14-20-48(62)21-15-41/h12-23,29-38,51-54,63-64,67-68H,5-11,24-28H2,1-4H3,(H,69,75)(H,70,76)/t37-,38-,51-,52-,53-,54-/m0/s1. The van der Waals surface area contributed by atoms with Crippen LogP contribution in [-0.2, 0) is 39.2 Å². The summed E-state index contributed by atoms with van der Waals surface area (Å²) in [6.45, 7) is 3.65. The molecule has 4 aromatic carbocycles. The summed E-state index contributed by atoms with van der Waals surface area (Å²) in [5.41, 5.74) is 2.27. The van der Waals surface area contributed by atoms with Crippen molar-refractivity contribution in [2.75, 3.05) is 40.3 Å². The van der Waals surface area contributed by atoms with Gasteiger partial charge in [0.1, 0.15) is 23.7 Å². The number of carbonyl (C=O) groups is 6. The summed E-state index contributed by atoms with van der Waals surface area (Å²) >= 11 is 0. The van der Waals surface area contributed by atoms with Gasteiger partial charge in [-0.2, -0.15) is 0 Å². The Morgan fingerprint density at radius 1 is 0.536 bits per heavy atom. The molecule has 2 saturated heterocycles. The largest absolute Gasteiger partial charge is 0.343 e. The molecule has 2 aromatic heterocycles. The summed E-state index contributed by atoms with van der Waals surface area (Å²) in [4.78, 5) is 93.2. The van der Waals surface area contributed by atoms with E-state index in [-0.39, 0.29) is 81.9 Å². The number of amides is 4. The van der Waals surface area contributed by atoms with Crippen LogP contribution in [0.5, 0.6) is 0 Å². The Bertz CT molecular complexity index is 3630. The summed E-state index contributed by atoms with van der Waals surface area (Å²) in [5, 5.41) is 12.2. The van der Waals surface area contributed by atoms with Gasteiger partial charge < -0.3 is 31.1 Å². The summed E-state index contributed by atoms with van der Waals surface area (Å²) in [6.07, 6.45) is 8.94. The molecule has 444 valence electrons. The number of sulfonamides is 2. The number of rotatable bonds is 26. The van der Waals surface area contributed by atoms with Crippen molar-refractivity contribution >= 4 is 66.0 Å². The van der Waals surface area contributed by atoms with Crippen LogP contribution in [0.4, 0.5) is 8.78 Å². The fourth-order valence-electron chi connectivity index (χ4n) is 10.3. The summed E-state index contributed by atoms with van der Waals surface area (Å²) in [5.74, 6) is -3.42. The van der Waals surface area contributed by atoms with Gasteiger partial charge in [0.05, 0.1) is 34.0 Å². The number of carbonyl (C=O) groups excluding carboxylic acids is 6. The van der Waals surface area contributed by atoms with Gasteiger partial charge in [0.15, 0.2) is 11.6 Å². The number of nitrogens with one attached hydrogen (secondary N) is 6. The van der Waals surface area contributed by atoms with E-state index in [1.807, 2.05) is 0 Å². The van der Waals surface area contributed by atoms with Crippen molar-refractivity contribution < 1.29 is 54.4 Å². The number of pyridine rings is 2. The Kier molecular flexibility index (Phi) is 20.6. The van der Waals surface area contributed by atoms with Gasteiger partial charge in [-0.3, -0.25) is 38.7 Å². The van der Waals surface area contributed by atoms with Crippen LogP contribution in [0.25, 0.3) is 10.8 Å². The Hall–Kier alpha value is -7.74. The van der Waals surface area contributed by atoms with Gasteiger partial charge in [0.25, 0.3) is 0 Å². The minimum atomic E-state index is -4.28. The number of halogens is 2. The van der Waals surface area contributed by atoms with E-state index < -0.39 is 85.7 Å². The number of likely N-dealkylation sites (tertiary alicyclic amines) is 2. The van der Waals surface area contributed by atoms with Gasteiger partial charge in [-0.15, -0.1) is 0 Å². The quantitative estimate of drug-likeness (QED) is 0.0293. The molecule has 6 aromatic rings. The first-order chi connectivity index (χ1) is 40.2. The van der Waals surface area contributed by atoms with Gasteiger partial charge in [0.2, 0.25) is 43.7 Å². The van der Waals surface area contributed by atoms with Crippen LogP contribution in [0.3, 0.4) is 0 Å². The molecule has 0 unspecified atom stereocenters. The van der Waals surface area contributed by atoms with Crippen molar-refractivity contribution in [1.29, 1.82) is 0 Å². The summed E-state index contributed by atoms with van der Waals surface area (Å²) < 4.78 is 87.5. The average Bonchev–Trinajstić information content (AvgIpc) is 4.00.